The number of nitrogens with zero attached hydrogens (tertiary/aromatic N) is 4. The van der Waals surface area contributed by atoms with E-state index in [1.54, 1.807) is 0 Å². The Labute approximate surface area is 208 Å². The minimum Gasteiger partial charge on any atom is -0.369 e. The summed E-state index contributed by atoms with van der Waals surface area (Å²) in [5, 5.41) is 7.66. The average Bonchev–Trinajstić information content (AvgIpc) is 2.89. The lowest BCUT2D eigenvalue weighted by Crippen LogP contribution is -2.36. The zero-order chi connectivity index (χ0) is 24.5. The van der Waals surface area contributed by atoms with E-state index in [2.05, 4.69) is 40.3 Å². The highest BCUT2D eigenvalue weighted by Gasteiger charge is 2.17. The molecular weight excluding hydrogens is 436 g/mol. The van der Waals surface area contributed by atoms with Gasteiger partial charge in [-0.05, 0) is 76.3 Å². The summed E-state index contributed by atoms with van der Waals surface area (Å²) < 4.78 is 0. The third-order valence-corrected chi connectivity index (χ3v) is 6.70. The Kier molecular flexibility index (Phi) is 9.03. The summed E-state index contributed by atoms with van der Waals surface area (Å²) in [7, 11) is 0. The first-order valence-corrected chi connectivity index (χ1v) is 13.0. The number of hydrogen-bond donors (Lipinski definition) is 2. The molecule has 4 rings (SSSR count). The lowest BCUT2D eigenvalue weighted by atomic mass is 10.1. The van der Waals surface area contributed by atoms with Gasteiger partial charge < -0.3 is 15.5 Å². The fourth-order valence-corrected chi connectivity index (χ4v) is 4.68. The van der Waals surface area contributed by atoms with Crippen molar-refractivity contribution in [3.8, 4) is 11.4 Å². The Bertz CT molecular complexity index is 1110. The van der Waals surface area contributed by atoms with Crippen LogP contribution in [0.5, 0.6) is 0 Å². The van der Waals surface area contributed by atoms with Gasteiger partial charge in [0.25, 0.3) is 0 Å². The number of hydrogen-bond acceptors (Lipinski definition) is 6. The fraction of sp³-hybridized carbons (Fsp3) is 0.464. The minimum atomic E-state index is 0.00916. The molecule has 0 bridgehead atoms. The van der Waals surface area contributed by atoms with Crippen LogP contribution in [0.2, 0.25) is 0 Å². The number of likely N-dealkylation sites (tertiary alicyclic amines) is 1. The molecule has 0 aliphatic carbocycles. The number of fused-ring (bicyclic) bond motifs is 1. The van der Waals surface area contributed by atoms with Gasteiger partial charge in [-0.3, -0.25) is 9.69 Å². The van der Waals surface area contributed by atoms with E-state index >= 15 is 0 Å². The maximum Gasteiger partial charge on any atom is 0.238 e. The summed E-state index contributed by atoms with van der Waals surface area (Å²) in [6, 6.07) is 15.9. The van der Waals surface area contributed by atoms with Crippen LogP contribution < -0.4 is 10.6 Å². The lowest BCUT2D eigenvalue weighted by molar-refractivity contribution is -0.117. The van der Waals surface area contributed by atoms with E-state index in [4.69, 9.17) is 9.97 Å². The fourth-order valence-electron chi connectivity index (χ4n) is 4.68. The Balaban J connectivity index is 1.53. The molecule has 1 saturated heterocycles. The van der Waals surface area contributed by atoms with Gasteiger partial charge in [0.05, 0.1) is 17.7 Å². The van der Waals surface area contributed by atoms with Crippen LogP contribution in [0.15, 0.2) is 48.5 Å². The van der Waals surface area contributed by atoms with E-state index in [0.717, 1.165) is 73.7 Å². The van der Waals surface area contributed by atoms with Crippen molar-refractivity contribution >= 4 is 28.3 Å². The molecule has 0 saturated carbocycles. The molecule has 0 unspecified atom stereocenters. The largest absolute Gasteiger partial charge is 0.369 e. The molecule has 7 heteroatoms. The molecule has 1 aliphatic heterocycles. The van der Waals surface area contributed by atoms with Crippen LogP contribution in [-0.4, -0.2) is 71.5 Å². The van der Waals surface area contributed by atoms with Gasteiger partial charge in [0.2, 0.25) is 5.91 Å². The first kappa shape index (κ1) is 25.1. The summed E-state index contributed by atoms with van der Waals surface area (Å²) in [4.78, 5) is 27.2. The minimum absolute atomic E-state index is 0.00916. The molecule has 186 valence electrons. The van der Waals surface area contributed by atoms with Crippen LogP contribution in [0.1, 0.15) is 39.5 Å². The molecule has 2 N–H and O–H groups in total. The zero-order valence-corrected chi connectivity index (χ0v) is 21.1. The number of para-hydroxylation sites is 2. The zero-order valence-electron chi connectivity index (χ0n) is 21.1. The lowest BCUT2D eigenvalue weighted by Gasteiger charge is -2.25. The number of benzene rings is 2. The van der Waals surface area contributed by atoms with Crippen molar-refractivity contribution in [3.05, 3.63) is 48.5 Å². The monoisotopic (exact) mass is 474 g/mol. The molecule has 2 aromatic carbocycles. The predicted octanol–water partition coefficient (Wildman–Crippen LogP) is 4.87. The topological polar surface area (TPSA) is 73.4 Å². The summed E-state index contributed by atoms with van der Waals surface area (Å²) in [6.07, 6.45) is 4.63. The summed E-state index contributed by atoms with van der Waals surface area (Å²) >= 11 is 0. The van der Waals surface area contributed by atoms with Crippen molar-refractivity contribution in [2.24, 2.45) is 0 Å². The van der Waals surface area contributed by atoms with E-state index in [0.29, 0.717) is 12.4 Å². The quantitative estimate of drug-likeness (QED) is 0.387. The Morgan fingerprint density at radius 3 is 2.51 bits per heavy atom. The van der Waals surface area contributed by atoms with Gasteiger partial charge in [0.15, 0.2) is 5.82 Å². The third kappa shape index (κ3) is 6.77. The predicted molar refractivity (Wildman–Crippen MR) is 145 cm³/mol. The second-order valence-corrected chi connectivity index (χ2v) is 9.15. The Morgan fingerprint density at radius 1 is 0.971 bits per heavy atom. The van der Waals surface area contributed by atoms with Crippen molar-refractivity contribution in [2.75, 3.05) is 56.4 Å². The number of anilines is 2. The van der Waals surface area contributed by atoms with Crippen LogP contribution in [0, 0.1) is 0 Å². The summed E-state index contributed by atoms with van der Waals surface area (Å²) in [6.45, 7) is 10.8. The number of amides is 1. The van der Waals surface area contributed by atoms with Gasteiger partial charge in [0, 0.05) is 17.5 Å². The molecule has 0 spiro atoms. The number of carbonyl (C=O) groups excluding carboxylic acids is 1. The molecule has 35 heavy (non-hydrogen) atoms. The molecular formula is C28H38N6O. The summed E-state index contributed by atoms with van der Waals surface area (Å²) in [5.74, 6) is 1.46. The van der Waals surface area contributed by atoms with Crippen molar-refractivity contribution in [2.45, 2.75) is 39.5 Å². The smallest absolute Gasteiger partial charge is 0.238 e. The van der Waals surface area contributed by atoms with Gasteiger partial charge in [-0.15, -0.1) is 0 Å². The van der Waals surface area contributed by atoms with Crippen LogP contribution in [0.4, 0.5) is 11.5 Å². The second kappa shape index (κ2) is 12.6. The number of rotatable bonds is 11. The van der Waals surface area contributed by atoms with E-state index in [-0.39, 0.29) is 5.91 Å². The number of nitrogens with one attached hydrogen (secondary N) is 2. The van der Waals surface area contributed by atoms with Gasteiger partial charge in [0.1, 0.15) is 5.82 Å². The maximum atomic E-state index is 12.8. The third-order valence-electron chi connectivity index (χ3n) is 6.70. The van der Waals surface area contributed by atoms with Crippen LogP contribution in [0.25, 0.3) is 22.3 Å². The van der Waals surface area contributed by atoms with Crippen molar-refractivity contribution < 1.29 is 4.79 Å². The van der Waals surface area contributed by atoms with Crippen LogP contribution in [-0.2, 0) is 4.79 Å². The average molecular weight is 475 g/mol. The van der Waals surface area contributed by atoms with Gasteiger partial charge in [-0.2, -0.15) is 0 Å². The molecule has 1 aliphatic rings. The molecule has 7 nitrogen and oxygen atoms in total. The van der Waals surface area contributed by atoms with Gasteiger partial charge in [-0.25, -0.2) is 9.97 Å². The van der Waals surface area contributed by atoms with Gasteiger partial charge in [-0.1, -0.05) is 44.5 Å². The highest BCUT2D eigenvalue weighted by atomic mass is 16.2. The van der Waals surface area contributed by atoms with Crippen molar-refractivity contribution in [1.29, 1.82) is 0 Å². The number of carbonyl (C=O) groups is 1. The molecule has 2 heterocycles. The molecule has 0 atom stereocenters. The first-order chi connectivity index (χ1) is 17.2. The van der Waals surface area contributed by atoms with Crippen LogP contribution >= 0.6 is 0 Å². The molecule has 1 aromatic heterocycles. The Hall–Kier alpha value is -3.03. The molecule has 0 radical (unpaired) electrons. The SMILES string of the molecule is CCN(CC)CCCNc1nc(-c2ccccc2NC(=O)CN2CCCCC2)nc2ccccc12. The molecule has 3 aromatic rings. The normalized spacial score (nSPS) is 14.4. The molecule has 1 fully saturated rings. The van der Waals surface area contributed by atoms with Crippen molar-refractivity contribution in [3.63, 3.8) is 0 Å². The number of piperidine rings is 1. The first-order valence-electron chi connectivity index (χ1n) is 13.0. The number of aromatic nitrogens is 2. The van der Waals surface area contributed by atoms with E-state index in [9.17, 15) is 4.79 Å². The Morgan fingerprint density at radius 2 is 1.71 bits per heavy atom. The maximum absolute atomic E-state index is 12.8. The highest BCUT2D eigenvalue weighted by Crippen LogP contribution is 2.29. The van der Waals surface area contributed by atoms with Crippen LogP contribution in [0.3, 0.4) is 0 Å². The van der Waals surface area contributed by atoms with Crippen molar-refractivity contribution in [1.82, 2.24) is 19.8 Å². The van der Waals surface area contributed by atoms with E-state index < -0.39 is 0 Å². The standard InChI is InChI=1S/C28H38N6O/c1-3-33(4-2)20-12-17-29-27-22-13-6-9-16-25(22)31-28(32-27)23-14-7-8-15-24(23)30-26(35)21-34-18-10-5-11-19-34/h6-9,13-16H,3-5,10-12,17-21H2,1-2H3,(H,30,35)(H,29,31,32). The van der Waals surface area contributed by atoms with E-state index in [1.807, 2.05) is 42.5 Å². The molecule has 1 amide bonds. The summed E-state index contributed by atoms with van der Waals surface area (Å²) in [5.41, 5.74) is 2.46. The second-order valence-electron chi connectivity index (χ2n) is 9.15. The van der Waals surface area contributed by atoms with Gasteiger partial charge >= 0.3 is 0 Å². The van der Waals surface area contributed by atoms with E-state index in [1.165, 1.54) is 19.3 Å². The highest BCUT2D eigenvalue weighted by molar-refractivity contribution is 5.97.